The van der Waals surface area contributed by atoms with Crippen LogP contribution in [0.15, 0.2) is 0 Å². The van der Waals surface area contributed by atoms with E-state index in [1.807, 2.05) is 34.6 Å². The molecule has 0 saturated heterocycles. The summed E-state index contributed by atoms with van der Waals surface area (Å²) in [5.41, 5.74) is -0.610. The van der Waals surface area contributed by atoms with E-state index >= 15 is 0 Å². The molecule has 0 aliphatic rings. The summed E-state index contributed by atoms with van der Waals surface area (Å²) in [4.78, 5) is 11.6. The zero-order valence-corrected chi connectivity index (χ0v) is 11.1. The second-order valence-electron chi connectivity index (χ2n) is 5.95. The van der Waals surface area contributed by atoms with Crippen molar-refractivity contribution in [1.29, 1.82) is 0 Å². The largest absolute Gasteiger partial charge is 0.460 e. The lowest BCUT2D eigenvalue weighted by Gasteiger charge is -2.29. The molecule has 0 unspecified atom stereocenters. The Morgan fingerprint density at radius 1 is 1.20 bits per heavy atom. The quantitative estimate of drug-likeness (QED) is 0.732. The predicted octanol–water partition coefficient (Wildman–Crippen LogP) is 2.49. The van der Waals surface area contributed by atoms with Gasteiger partial charge in [-0.1, -0.05) is 13.8 Å². The first-order valence-electron chi connectivity index (χ1n) is 5.51. The molecule has 0 rings (SSSR count). The first-order chi connectivity index (χ1) is 6.52. The van der Waals surface area contributed by atoms with Gasteiger partial charge in [-0.05, 0) is 34.6 Å². The van der Waals surface area contributed by atoms with E-state index in [9.17, 15) is 4.79 Å². The fourth-order valence-electron chi connectivity index (χ4n) is 1.57. The number of hydrogen-bond acceptors (Lipinski definition) is 3. The third-order valence-electron chi connectivity index (χ3n) is 1.69. The minimum atomic E-state index is -0.398. The van der Waals surface area contributed by atoms with Crippen molar-refractivity contribution in [3.05, 3.63) is 0 Å². The number of ether oxygens (including phenoxy) is 1. The molecule has 1 N–H and O–H groups in total. The van der Waals surface area contributed by atoms with Crippen molar-refractivity contribution < 1.29 is 9.53 Å². The number of carbonyl (C=O) groups excluding carboxylic acids is 1. The molecule has 0 aliphatic heterocycles. The van der Waals surface area contributed by atoms with Crippen LogP contribution in [0, 0.1) is 0 Å². The fraction of sp³-hybridized carbons (Fsp3) is 0.917. The highest BCUT2D eigenvalue weighted by Gasteiger charge is 2.25. The number of esters is 1. The Kier molecular flexibility index (Phi) is 4.78. The predicted molar refractivity (Wildman–Crippen MR) is 62.8 cm³/mol. The molecular formula is C12H25NO2. The van der Waals surface area contributed by atoms with Crippen LogP contribution in [0.2, 0.25) is 0 Å². The average Bonchev–Trinajstić information content (AvgIpc) is 1.73. The average molecular weight is 215 g/mol. The number of carbonyl (C=O) groups is 1. The molecule has 0 fully saturated rings. The molecule has 0 radical (unpaired) electrons. The minimum absolute atomic E-state index is 0.152. The van der Waals surface area contributed by atoms with Crippen LogP contribution >= 0.6 is 0 Å². The van der Waals surface area contributed by atoms with E-state index in [-0.39, 0.29) is 11.5 Å². The molecule has 15 heavy (non-hydrogen) atoms. The Morgan fingerprint density at radius 3 is 2.00 bits per heavy atom. The summed E-state index contributed by atoms with van der Waals surface area (Å²) >= 11 is 0. The molecule has 0 spiro atoms. The number of hydrogen-bond donors (Lipinski definition) is 1. The number of rotatable bonds is 4. The maximum Gasteiger partial charge on any atom is 0.308 e. The Morgan fingerprint density at radius 2 is 1.67 bits per heavy atom. The van der Waals surface area contributed by atoms with Crippen molar-refractivity contribution in [3.63, 3.8) is 0 Å². The van der Waals surface area contributed by atoms with Crippen LogP contribution in [0.1, 0.15) is 54.9 Å². The van der Waals surface area contributed by atoms with Gasteiger partial charge >= 0.3 is 5.97 Å². The molecule has 3 nitrogen and oxygen atoms in total. The second-order valence-corrected chi connectivity index (χ2v) is 5.95. The monoisotopic (exact) mass is 215 g/mol. The molecule has 90 valence electrons. The molecule has 0 aliphatic carbocycles. The van der Waals surface area contributed by atoms with Crippen molar-refractivity contribution in [1.82, 2.24) is 5.32 Å². The summed E-state index contributed by atoms with van der Waals surface area (Å²) in [6, 6.07) is 0.363. The molecule has 0 saturated carbocycles. The SMILES string of the molecule is CC(C)NC(C)(C)CC(=O)OC(C)(C)C. The molecular weight excluding hydrogens is 190 g/mol. The van der Waals surface area contributed by atoms with Gasteiger partial charge in [0.1, 0.15) is 5.60 Å². The van der Waals surface area contributed by atoms with Crippen LogP contribution in [0.3, 0.4) is 0 Å². The molecule has 0 heterocycles. The molecule has 0 bridgehead atoms. The summed E-state index contributed by atoms with van der Waals surface area (Å²) in [5.74, 6) is -0.152. The normalized spacial score (nSPS) is 13.1. The Hall–Kier alpha value is -0.570. The molecule has 0 atom stereocenters. The third kappa shape index (κ3) is 8.43. The van der Waals surface area contributed by atoms with Crippen LogP contribution in [0.5, 0.6) is 0 Å². The smallest absolute Gasteiger partial charge is 0.308 e. The van der Waals surface area contributed by atoms with Gasteiger partial charge in [-0.3, -0.25) is 4.79 Å². The zero-order valence-electron chi connectivity index (χ0n) is 11.1. The van der Waals surface area contributed by atoms with E-state index in [1.165, 1.54) is 0 Å². The van der Waals surface area contributed by atoms with Crippen molar-refractivity contribution in [2.75, 3.05) is 0 Å². The van der Waals surface area contributed by atoms with Crippen molar-refractivity contribution in [3.8, 4) is 0 Å². The third-order valence-corrected chi connectivity index (χ3v) is 1.69. The van der Waals surface area contributed by atoms with Crippen molar-refractivity contribution >= 4 is 5.97 Å². The van der Waals surface area contributed by atoms with E-state index in [0.29, 0.717) is 12.5 Å². The summed E-state index contributed by atoms with van der Waals surface area (Å²) in [5, 5.41) is 3.33. The van der Waals surface area contributed by atoms with Crippen LogP contribution < -0.4 is 5.32 Å². The molecule has 0 aromatic rings. The number of nitrogens with one attached hydrogen (secondary N) is 1. The highest BCUT2D eigenvalue weighted by molar-refractivity contribution is 5.71. The topological polar surface area (TPSA) is 38.3 Å². The molecule has 3 heteroatoms. The summed E-state index contributed by atoms with van der Waals surface area (Å²) in [7, 11) is 0. The van der Waals surface area contributed by atoms with Gasteiger partial charge in [0, 0.05) is 11.6 Å². The van der Waals surface area contributed by atoms with Crippen LogP contribution in [0.4, 0.5) is 0 Å². The zero-order chi connectivity index (χ0) is 12.3. The van der Waals surface area contributed by atoms with Gasteiger partial charge in [0.05, 0.1) is 6.42 Å². The fourth-order valence-corrected chi connectivity index (χ4v) is 1.57. The maximum atomic E-state index is 11.6. The first-order valence-corrected chi connectivity index (χ1v) is 5.51. The maximum absolute atomic E-state index is 11.6. The summed E-state index contributed by atoms with van der Waals surface area (Å²) in [6.07, 6.45) is 0.391. The molecule has 0 aromatic heterocycles. The van der Waals surface area contributed by atoms with Gasteiger partial charge in [0.2, 0.25) is 0 Å². The highest BCUT2D eigenvalue weighted by Crippen LogP contribution is 2.15. The Balaban J connectivity index is 4.16. The van der Waals surface area contributed by atoms with Gasteiger partial charge in [-0.2, -0.15) is 0 Å². The summed E-state index contributed by atoms with van der Waals surface area (Å²) < 4.78 is 5.28. The lowest BCUT2D eigenvalue weighted by molar-refractivity contribution is -0.156. The van der Waals surface area contributed by atoms with Crippen molar-refractivity contribution in [2.24, 2.45) is 0 Å². The van der Waals surface area contributed by atoms with E-state index in [2.05, 4.69) is 19.2 Å². The van der Waals surface area contributed by atoms with E-state index in [4.69, 9.17) is 4.74 Å². The van der Waals surface area contributed by atoms with Gasteiger partial charge in [-0.15, -0.1) is 0 Å². The van der Waals surface area contributed by atoms with E-state index < -0.39 is 5.60 Å². The molecule has 0 amide bonds. The Labute approximate surface area is 93.6 Å². The lowest BCUT2D eigenvalue weighted by atomic mass is 9.99. The standard InChI is InChI=1S/C12H25NO2/c1-9(2)13-12(6,7)8-10(14)15-11(3,4)5/h9,13H,8H2,1-7H3. The van der Waals surface area contributed by atoms with Crippen LogP contribution in [-0.4, -0.2) is 23.2 Å². The lowest BCUT2D eigenvalue weighted by Crippen LogP contribution is -2.45. The Bertz CT molecular complexity index is 214. The van der Waals surface area contributed by atoms with Gasteiger partial charge in [-0.25, -0.2) is 0 Å². The first kappa shape index (κ1) is 14.4. The summed E-state index contributed by atoms with van der Waals surface area (Å²) in [6.45, 7) is 13.8. The highest BCUT2D eigenvalue weighted by atomic mass is 16.6. The van der Waals surface area contributed by atoms with E-state index in [0.717, 1.165) is 0 Å². The van der Waals surface area contributed by atoms with Gasteiger partial charge in [0.15, 0.2) is 0 Å². The van der Waals surface area contributed by atoms with Crippen LogP contribution in [0.25, 0.3) is 0 Å². The minimum Gasteiger partial charge on any atom is -0.460 e. The second kappa shape index (κ2) is 4.97. The van der Waals surface area contributed by atoms with E-state index in [1.54, 1.807) is 0 Å². The van der Waals surface area contributed by atoms with Gasteiger partial charge in [0.25, 0.3) is 0 Å². The van der Waals surface area contributed by atoms with Crippen molar-refractivity contribution in [2.45, 2.75) is 72.1 Å². The van der Waals surface area contributed by atoms with Crippen LogP contribution in [-0.2, 0) is 9.53 Å². The van der Waals surface area contributed by atoms with Gasteiger partial charge < -0.3 is 10.1 Å². The molecule has 0 aromatic carbocycles.